The number of hydrogen-bond acceptors (Lipinski definition) is 5. The van der Waals surface area contributed by atoms with Gasteiger partial charge in [-0.1, -0.05) is 5.16 Å². The molecule has 0 unspecified atom stereocenters. The highest BCUT2D eigenvalue weighted by atomic mass is 16.5. The van der Waals surface area contributed by atoms with Crippen LogP contribution in [-0.2, 0) is 16.0 Å². The van der Waals surface area contributed by atoms with Crippen LogP contribution in [0.2, 0.25) is 0 Å². The topological polar surface area (TPSA) is 92.5 Å². The molecular weight excluding hydrogens is 310 g/mol. The van der Waals surface area contributed by atoms with Crippen molar-refractivity contribution in [2.45, 2.75) is 26.2 Å². The maximum atomic E-state index is 11.9. The van der Waals surface area contributed by atoms with Crippen LogP contribution in [0.15, 0.2) is 27.5 Å². The number of hydrogen-bond donors (Lipinski definition) is 1. The summed E-state index contributed by atoms with van der Waals surface area (Å²) < 4.78 is 5.27. The molecule has 7 nitrogen and oxygen atoms in total. The molecule has 1 aliphatic carbocycles. The SMILES string of the molecule is Cc1c2ccc(=O)cc-2onc1CCNC(=O)CN1CCCC1=O. The van der Waals surface area contributed by atoms with E-state index in [1.807, 2.05) is 6.92 Å². The number of fused-ring (bicyclic) bond motifs is 1. The van der Waals surface area contributed by atoms with Crippen LogP contribution in [0.4, 0.5) is 0 Å². The summed E-state index contributed by atoms with van der Waals surface area (Å²) in [6.45, 7) is 3.09. The summed E-state index contributed by atoms with van der Waals surface area (Å²) in [5, 5.41) is 6.83. The molecule has 2 heterocycles. The van der Waals surface area contributed by atoms with E-state index < -0.39 is 0 Å². The molecule has 0 atom stereocenters. The minimum Gasteiger partial charge on any atom is -0.356 e. The molecule has 1 saturated heterocycles. The third-order valence-electron chi connectivity index (χ3n) is 4.23. The number of nitrogens with one attached hydrogen (secondary N) is 1. The highest BCUT2D eigenvalue weighted by molar-refractivity contribution is 5.85. The van der Waals surface area contributed by atoms with E-state index in [9.17, 15) is 14.4 Å². The van der Waals surface area contributed by atoms with Gasteiger partial charge in [-0.15, -0.1) is 0 Å². The number of rotatable bonds is 5. The van der Waals surface area contributed by atoms with Gasteiger partial charge in [0, 0.05) is 37.6 Å². The fourth-order valence-electron chi connectivity index (χ4n) is 2.87. The molecule has 0 aromatic carbocycles. The van der Waals surface area contributed by atoms with Crippen molar-refractivity contribution in [3.63, 3.8) is 0 Å². The zero-order chi connectivity index (χ0) is 17.1. The van der Waals surface area contributed by atoms with E-state index in [0.29, 0.717) is 31.7 Å². The standard InChI is InChI=1S/C17H19N3O4/c1-11-13-5-4-12(21)9-15(13)24-19-14(11)6-7-18-16(22)10-20-8-2-3-17(20)23/h4-5,9H,2-3,6-8,10H2,1H3,(H,18,22). The van der Waals surface area contributed by atoms with Crippen molar-refractivity contribution in [2.75, 3.05) is 19.6 Å². The Balaban J connectivity index is 1.58. The molecule has 2 aliphatic heterocycles. The maximum Gasteiger partial charge on any atom is 0.239 e. The fraction of sp³-hybridized carbons (Fsp3) is 0.412. The van der Waals surface area contributed by atoms with Gasteiger partial charge in [0.05, 0.1) is 12.2 Å². The van der Waals surface area contributed by atoms with Crippen molar-refractivity contribution in [2.24, 2.45) is 0 Å². The molecular formula is C17H19N3O4. The molecule has 1 fully saturated rings. The van der Waals surface area contributed by atoms with Crippen molar-refractivity contribution in [1.29, 1.82) is 0 Å². The lowest BCUT2D eigenvalue weighted by molar-refractivity contribution is -0.133. The van der Waals surface area contributed by atoms with Crippen LogP contribution in [-0.4, -0.2) is 41.5 Å². The lowest BCUT2D eigenvalue weighted by atomic mass is 10.0. The summed E-state index contributed by atoms with van der Waals surface area (Å²) >= 11 is 0. The molecule has 3 aliphatic rings. The quantitative estimate of drug-likeness (QED) is 0.873. The average molecular weight is 329 g/mol. The fourth-order valence-corrected chi connectivity index (χ4v) is 2.87. The van der Waals surface area contributed by atoms with E-state index in [0.717, 1.165) is 23.2 Å². The normalized spacial score (nSPS) is 14.4. The largest absolute Gasteiger partial charge is 0.356 e. The monoisotopic (exact) mass is 329 g/mol. The van der Waals surface area contributed by atoms with Gasteiger partial charge in [-0.3, -0.25) is 14.4 Å². The predicted octanol–water partition coefficient (Wildman–Crippen LogP) is 0.729. The van der Waals surface area contributed by atoms with Gasteiger partial charge >= 0.3 is 0 Å². The Kier molecular flexibility index (Phi) is 4.59. The third-order valence-corrected chi connectivity index (χ3v) is 4.23. The van der Waals surface area contributed by atoms with Crippen LogP contribution in [0.25, 0.3) is 11.3 Å². The number of aromatic nitrogens is 1. The summed E-state index contributed by atoms with van der Waals surface area (Å²) in [5.74, 6) is 0.325. The Morgan fingerprint density at radius 3 is 2.96 bits per heavy atom. The summed E-state index contributed by atoms with van der Waals surface area (Å²) in [6.07, 6.45) is 1.86. The molecule has 0 saturated carbocycles. The number of carbonyl (C=O) groups excluding carboxylic acids is 2. The zero-order valence-corrected chi connectivity index (χ0v) is 13.5. The van der Waals surface area contributed by atoms with Crippen LogP contribution in [0, 0.1) is 6.92 Å². The van der Waals surface area contributed by atoms with Crippen LogP contribution in [0.1, 0.15) is 24.1 Å². The van der Waals surface area contributed by atoms with E-state index in [1.54, 1.807) is 11.0 Å². The number of benzene rings is 1. The van der Waals surface area contributed by atoms with Crippen LogP contribution >= 0.6 is 0 Å². The average Bonchev–Trinajstić information content (AvgIpc) is 2.94. The van der Waals surface area contributed by atoms with Crippen molar-refractivity contribution < 1.29 is 14.1 Å². The molecule has 1 N–H and O–H groups in total. The van der Waals surface area contributed by atoms with Gasteiger partial charge in [0.25, 0.3) is 0 Å². The Morgan fingerprint density at radius 1 is 1.38 bits per heavy atom. The number of amides is 2. The minimum atomic E-state index is -0.170. The summed E-state index contributed by atoms with van der Waals surface area (Å²) in [6, 6.07) is 4.62. The summed E-state index contributed by atoms with van der Waals surface area (Å²) in [5.41, 5.74) is 2.39. The molecule has 24 heavy (non-hydrogen) atoms. The lowest BCUT2D eigenvalue weighted by Gasteiger charge is -2.15. The third kappa shape index (κ3) is 3.45. The molecule has 2 amide bonds. The van der Waals surface area contributed by atoms with Gasteiger partial charge in [-0.2, -0.15) is 0 Å². The Morgan fingerprint density at radius 2 is 2.21 bits per heavy atom. The van der Waals surface area contributed by atoms with Gasteiger partial charge < -0.3 is 14.7 Å². The highest BCUT2D eigenvalue weighted by Crippen LogP contribution is 2.24. The van der Waals surface area contributed by atoms with Crippen molar-refractivity contribution in [3.05, 3.63) is 39.7 Å². The summed E-state index contributed by atoms with van der Waals surface area (Å²) in [7, 11) is 0. The second-order valence-electron chi connectivity index (χ2n) is 5.93. The summed E-state index contributed by atoms with van der Waals surface area (Å²) in [4.78, 5) is 36.3. The number of likely N-dealkylation sites (tertiary alicyclic amines) is 1. The first-order valence-electron chi connectivity index (χ1n) is 7.98. The first-order valence-corrected chi connectivity index (χ1v) is 7.98. The van der Waals surface area contributed by atoms with Gasteiger partial charge in [0.2, 0.25) is 11.8 Å². The molecule has 3 rings (SSSR count). The molecule has 0 aromatic rings. The van der Waals surface area contributed by atoms with E-state index in [1.165, 1.54) is 12.1 Å². The van der Waals surface area contributed by atoms with Crippen LogP contribution in [0.3, 0.4) is 0 Å². The number of carbonyl (C=O) groups is 2. The maximum absolute atomic E-state index is 11.9. The zero-order valence-electron chi connectivity index (χ0n) is 13.5. The van der Waals surface area contributed by atoms with Crippen molar-refractivity contribution in [1.82, 2.24) is 15.4 Å². The van der Waals surface area contributed by atoms with E-state index in [4.69, 9.17) is 4.52 Å². The number of nitrogens with zero attached hydrogens (tertiary/aromatic N) is 2. The van der Waals surface area contributed by atoms with Gasteiger partial charge in [0.15, 0.2) is 11.2 Å². The van der Waals surface area contributed by atoms with E-state index in [2.05, 4.69) is 10.5 Å². The highest BCUT2D eigenvalue weighted by Gasteiger charge is 2.22. The Hall–Kier alpha value is -2.70. The first-order chi connectivity index (χ1) is 11.5. The molecule has 0 spiro atoms. The first kappa shape index (κ1) is 16.2. The lowest BCUT2D eigenvalue weighted by Crippen LogP contribution is -2.38. The van der Waals surface area contributed by atoms with E-state index >= 15 is 0 Å². The van der Waals surface area contributed by atoms with Crippen molar-refractivity contribution >= 4 is 11.8 Å². The Labute approximate surface area is 139 Å². The molecule has 0 radical (unpaired) electrons. The Bertz CT molecular complexity index is 799. The van der Waals surface area contributed by atoms with Crippen LogP contribution < -0.4 is 10.7 Å². The molecule has 0 bridgehead atoms. The smallest absolute Gasteiger partial charge is 0.239 e. The van der Waals surface area contributed by atoms with Gasteiger partial charge in [-0.05, 0) is 31.0 Å². The minimum absolute atomic E-state index is 0.0359. The molecule has 0 aromatic heterocycles. The second-order valence-corrected chi connectivity index (χ2v) is 5.93. The molecule has 7 heteroatoms. The van der Waals surface area contributed by atoms with Gasteiger partial charge in [0.1, 0.15) is 0 Å². The predicted molar refractivity (Wildman–Crippen MR) is 86.7 cm³/mol. The van der Waals surface area contributed by atoms with E-state index in [-0.39, 0.29) is 23.8 Å². The van der Waals surface area contributed by atoms with Gasteiger partial charge in [-0.25, -0.2) is 0 Å². The van der Waals surface area contributed by atoms with Crippen molar-refractivity contribution in [3.8, 4) is 11.3 Å². The molecule has 126 valence electrons. The van der Waals surface area contributed by atoms with Crippen LogP contribution in [0.5, 0.6) is 0 Å². The second kappa shape index (κ2) is 6.82.